The molecule has 0 saturated heterocycles. The number of carbonyl (C=O) groups excluding carboxylic acids is 1. The molecule has 4 nitrogen and oxygen atoms in total. The number of aliphatic hydroxyl groups excluding tert-OH is 1. The quantitative estimate of drug-likeness (QED) is 0.760. The molecule has 1 saturated carbocycles. The van der Waals surface area contributed by atoms with E-state index in [1.165, 1.54) is 0 Å². The number of carbonyl (C=O) groups is 1. The van der Waals surface area contributed by atoms with Crippen molar-refractivity contribution in [3.05, 3.63) is 29.6 Å². The molecular weight excluding hydrogens is 192 g/mol. The third-order valence-electron chi connectivity index (χ3n) is 3.23. The molecule has 0 bridgehead atoms. The molecule has 1 aliphatic rings. The first-order valence-corrected chi connectivity index (χ1v) is 5.06. The fraction of sp³-hybridized carbons (Fsp3) is 0.455. The van der Waals surface area contributed by atoms with Crippen molar-refractivity contribution in [1.82, 2.24) is 4.98 Å². The van der Waals surface area contributed by atoms with Crippen molar-refractivity contribution < 1.29 is 9.90 Å². The summed E-state index contributed by atoms with van der Waals surface area (Å²) in [6, 6.07) is 3.61. The van der Waals surface area contributed by atoms with Crippen LogP contribution >= 0.6 is 0 Å². The molecule has 1 aromatic rings. The van der Waals surface area contributed by atoms with Crippen molar-refractivity contribution >= 4 is 5.91 Å². The lowest BCUT2D eigenvalue weighted by molar-refractivity contribution is 0.0972. The second-order valence-corrected chi connectivity index (χ2v) is 4.06. The summed E-state index contributed by atoms with van der Waals surface area (Å²) < 4.78 is 0. The summed E-state index contributed by atoms with van der Waals surface area (Å²) in [5.41, 5.74) is 6.08. The summed E-state index contributed by atoms with van der Waals surface area (Å²) in [6.07, 6.45) is 4.42. The van der Waals surface area contributed by atoms with Crippen molar-refractivity contribution in [3.63, 3.8) is 0 Å². The summed E-state index contributed by atoms with van der Waals surface area (Å²) in [4.78, 5) is 15.2. The van der Waals surface area contributed by atoms with Crippen molar-refractivity contribution in [2.75, 3.05) is 6.61 Å². The number of rotatable bonds is 3. The normalized spacial score (nSPS) is 18.2. The predicted octanol–water partition coefficient (Wildman–Crippen LogP) is 0.594. The van der Waals surface area contributed by atoms with E-state index in [1.54, 1.807) is 12.3 Å². The molecule has 0 atom stereocenters. The maximum absolute atomic E-state index is 11.2. The van der Waals surface area contributed by atoms with E-state index >= 15 is 0 Å². The van der Waals surface area contributed by atoms with Gasteiger partial charge in [-0.05, 0) is 24.5 Å². The van der Waals surface area contributed by atoms with Crippen LogP contribution in [-0.4, -0.2) is 22.6 Å². The van der Waals surface area contributed by atoms with Gasteiger partial charge >= 0.3 is 0 Å². The van der Waals surface area contributed by atoms with Crippen LogP contribution < -0.4 is 5.73 Å². The van der Waals surface area contributed by atoms with Crippen molar-refractivity contribution in [2.24, 2.45) is 5.73 Å². The van der Waals surface area contributed by atoms with E-state index in [1.807, 2.05) is 6.07 Å². The van der Waals surface area contributed by atoms with E-state index < -0.39 is 5.91 Å². The summed E-state index contributed by atoms with van der Waals surface area (Å²) in [5, 5.41) is 9.42. The molecule has 1 fully saturated rings. The monoisotopic (exact) mass is 206 g/mol. The van der Waals surface area contributed by atoms with Gasteiger partial charge in [-0.15, -0.1) is 0 Å². The van der Waals surface area contributed by atoms with Gasteiger partial charge in [-0.3, -0.25) is 9.78 Å². The first kappa shape index (κ1) is 10.1. The van der Waals surface area contributed by atoms with Crippen LogP contribution in [0, 0.1) is 0 Å². The minimum Gasteiger partial charge on any atom is -0.395 e. The van der Waals surface area contributed by atoms with Gasteiger partial charge in [0.05, 0.1) is 6.61 Å². The molecule has 3 N–H and O–H groups in total. The molecular formula is C11H14N2O2. The van der Waals surface area contributed by atoms with Crippen LogP contribution in [0.25, 0.3) is 0 Å². The van der Waals surface area contributed by atoms with Gasteiger partial charge < -0.3 is 10.8 Å². The molecule has 80 valence electrons. The Morgan fingerprint density at radius 2 is 2.33 bits per heavy atom. The van der Waals surface area contributed by atoms with Gasteiger partial charge in [-0.1, -0.05) is 12.5 Å². The van der Waals surface area contributed by atoms with E-state index in [4.69, 9.17) is 5.73 Å². The number of aromatic nitrogens is 1. The smallest absolute Gasteiger partial charge is 0.267 e. The summed E-state index contributed by atoms with van der Waals surface area (Å²) in [7, 11) is 0. The molecule has 1 heterocycles. The Morgan fingerprint density at radius 1 is 1.60 bits per heavy atom. The first-order chi connectivity index (χ1) is 7.19. The minimum atomic E-state index is -0.523. The maximum Gasteiger partial charge on any atom is 0.267 e. The average Bonchev–Trinajstić information content (AvgIpc) is 2.17. The largest absolute Gasteiger partial charge is 0.395 e. The number of nitrogens with two attached hydrogens (primary N) is 1. The zero-order valence-corrected chi connectivity index (χ0v) is 8.44. The van der Waals surface area contributed by atoms with Crippen molar-refractivity contribution in [2.45, 2.75) is 24.7 Å². The molecule has 0 spiro atoms. The highest BCUT2D eigenvalue weighted by molar-refractivity contribution is 5.92. The van der Waals surface area contributed by atoms with Gasteiger partial charge in [0, 0.05) is 11.6 Å². The zero-order valence-electron chi connectivity index (χ0n) is 8.44. The predicted molar refractivity (Wildman–Crippen MR) is 55.4 cm³/mol. The van der Waals surface area contributed by atoms with Gasteiger partial charge in [0.25, 0.3) is 5.91 Å². The lowest BCUT2D eigenvalue weighted by atomic mass is 9.64. The number of aliphatic hydroxyl groups is 1. The highest BCUT2D eigenvalue weighted by atomic mass is 16.3. The molecule has 0 radical (unpaired) electrons. The number of amides is 1. The lowest BCUT2D eigenvalue weighted by Crippen LogP contribution is -2.40. The minimum absolute atomic E-state index is 0.0545. The average molecular weight is 206 g/mol. The van der Waals surface area contributed by atoms with Crippen LogP contribution in [0.3, 0.4) is 0 Å². The fourth-order valence-electron chi connectivity index (χ4n) is 2.15. The van der Waals surface area contributed by atoms with Crippen LogP contribution in [0.5, 0.6) is 0 Å². The number of hydrogen-bond donors (Lipinski definition) is 2. The van der Waals surface area contributed by atoms with Gasteiger partial charge in [0.1, 0.15) is 5.69 Å². The second kappa shape index (κ2) is 3.62. The lowest BCUT2D eigenvalue weighted by Gasteiger charge is -2.41. The second-order valence-electron chi connectivity index (χ2n) is 4.06. The zero-order chi connectivity index (χ0) is 10.9. The van der Waals surface area contributed by atoms with Crippen LogP contribution in [0.2, 0.25) is 0 Å². The number of primary amides is 1. The van der Waals surface area contributed by atoms with Crippen LogP contribution in [0.4, 0.5) is 0 Å². The molecule has 0 aromatic carbocycles. The summed E-state index contributed by atoms with van der Waals surface area (Å²) >= 11 is 0. The van der Waals surface area contributed by atoms with Crippen molar-refractivity contribution in [1.29, 1.82) is 0 Å². The molecule has 0 unspecified atom stereocenters. The van der Waals surface area contributed by atoms with Crippen LogP contribution in [0.15, 0.2) is 18.3 Å². The standard InChI is InChI=1S/C11H14N2O2/c12-10(15)9-8(3-1-6-13-9)11(7-14)4-2-5-11/h1,3,6,14H,2,4-5,7H2,(H2,12,15). The molecule has 1 aromatic heterocycles. The first-order valence-electron chi connectivity index (χ1n) is 5.06. The highest BCUT2D eigenvalue weighted by Crippen LogP contribution is 2.44. The van der Waals surface area contributed by atoms with Gasteiger partial charge in [-0.25, -0.2) is 0 Å². The SMILES string of the molecule is NC(=O)c1ncccc1C1(CO)CCC1. The number of hydrogen-bond acceptors (Lipinski definition) is 3. The van der Waals surface area contributed by atoms with Gasteiger partial charge in [0.15, 0.2) is 0 Å². The number of pyridine rings is 1. The van der Waals surface area contributed by atoms with Gasteiger partial charge in [-0.2, -0.15) is 0 Å². The fourth-order valence-corrected chi connectivity index (χ4v) is 2.15. The maximum atomic E-state index is 11.2. The van der Waals surface area contributed by atoms with E-state index in [0.29, 0.717) is 5.69 Å². The van der Waals surface area contributed by atoms with Gasteiger partial charge in [0.2, 0.25) is 0 Å². The third kappa shape index (κ3) is 1.51. The van der Waals surface area contributed by atoms with E-state index in [9.17, 15) is 9.90 Å². The van der Waals surface area contributed by atoms with E-state index in [2.05, 4.69) is 4.98 Å². The number of nitrogens with zero attached hydrogens (tertiary/aromatic N) is 1. The Morgan fingerprint density at radius 3 is 2.80 bits per heavy atom. The third-order valence-corrected chi connectivity index (χ3v) is 3.23. The molecule has 15 heavy (non-hydrogen) atoms. The molecule has 2 rings (SSSR count). The topological polar surface area (TPSA) is 76.2 Å². The van der Waals surface area contributed by atoms with Crippen molar-refractivity contribution in [3.8, 4) is 0 Å². The van der Waals surface area contributed by atoms with E-state index in [0.717, 1.165) is 24.8 Å². The summed E-state index contributed by atoms with van der Waals surface area (Å²) in [6.45, 7) is 0.0545. The molecule has 4 heteroatoms. The van der Waals surface area contributed by atoms with Crippen LogP contribution in [-0.2, 0) is 5.41 Å². The Kier molecular flexibility index (Phi) is 2.44. The van der Waals surface area contributed by atoms with Crippen LogP contribution in [0.1, 0.15) is 35.3 Å². The molecule has 1 aliphatic carbocycles. The Bertz CT molecular complexity index is 380. The summed E-state index contributed by atoms with van der Waals surface area (Å²) in [5.74, 6) is -0.523. The highest BCUT2D eigenvalue weighted by Gasteiger charge is 2.40. The van der Waals surface area contributed by atoms with E-state index in [-0.39, 0.29) is 12.0 Å². The molecule has 0 aliphatic heterocycles. The molecule has 1 amide bonds. The Hall–Kier alpha value is -1.42. The Labute approximate surface area is 88.1 Å². The Balaban J connectivity index is 2.46.